The number of halogens is 1. The minimum Gasteiger partial charge on any atom is -0.496 e. The molecule has 0 fully saturated rings. The molecule has 0 spiro atoms. The Labute approximate surface area is 116 Å². The fourth-order valence-corrected chi connectivity index (χ4v) is 2.04. The average molecular weight is 325 g/mol. The third kappa shape index (κ3) is 2.68. The Morgan fingerprint density at radius 3 is 2.63 bits per heavy atom. The number of hydrogen-bond acceptors (Lipinski definition) is 4. The summed E-state index contributed by atoms with van der Waals surface area (Å²) in [5.74, 6) is -1.24. The van der Waals surface area contributed by atoms with Crippen molar-refractivity contribution in [3.8, 4) is 16.9 Å². The van der Waals surface area contributed by atoms with Crippen LogP contribution < -0.4 is 10.4 Å². The van der Waals surface area contributed by atoms with Gasteiger partial charge in [-0.3, -0.25) is 0 Å². The zero-order valence-corrected chi connectivity index (χ0v) is 11.4. The zero-order chi connectivity index (χ0) is 14.0. The summed E-state index contributed by atoms with van der Waals surface area (Å²) in [6.07, 6.45) is 0. The van der Waals surface area contributed by atoms with Crippen LogP contribution in [0.1, 0.15) is 10.6 Å². The highest BCUT2D eigenvalue weighted by molar-refractivity contribution is 9.10. The molecule has 6 heteroatoms. The van der Waals surface area contributed by atoms with E-state index in [9.17, 15) is 9.59 Å². The molecule has 0 aliphatic heterocycles. The van der Waals surface area contributed by atoms with Crippen molar-refractivity contribution in [3.05, 3.63) is 51.0 Å². The Hall–Kier alpha value is -2.08. The molecule has 0 bridgehead atoms. The fraction of sp³-hybridized carbons (Fsp3) is 0.0769. The van der Waals surface area contributed by atoms with Gasteiger partial charge < -0.3 is 14.3 Å². The molecule has 0 saturated carbocycles. The summed E-state index contributed by atoms with van der Waals surface area (Å²) in [6.45, 7) is 0. The van der Waals surface area contributed by atoms with E-state index in [0.29, 0.717) is 11.3 Å². The van der Waals surface area contributed by atoms with Crippen LogP contribution in [0, 0.1) is 0 Å². The first-order valence-electron chi connectivity index (χ1n) is 5.24. The quantitative estimate of drug-likeness (QED) is 0.939. The monoisotopic (exact) mass is 324 g/mol. The molecule has 0 radical (unpaired) electrons. The van der Waals surface area contributed by atoms with Gasteiger partial charge in [0.1, 0.15) is 5.75 Å². The van der Waals surface area contributed by atoms with E-state index in [4.69, 9.17) is 14.3 Å². The Bertz CT molecular complexity index is 690. The molecule has 1 aromatic heterocycles. The van der Waals surface area contributed by atoms with Gasteiger partial charge in [0.05, 0.1) is 7.11 Å². The lowest BCUT2D eigenvalue weighted by molar-refractivity contribution is 0.0658. The number of aromatic carboxylic acids is 1. The van der Waals surface area contributed by atoms with E-state index in [1.165, 1.54) is 19.2 Å². The number of ether oxygens (including phenoxy) is 1. The van der Waals surface area contributed by atoms with Crippen molar-refractivity contribution in [2.45, 2.75) is 0 Å². The van der Waals surface area contributed by atoms with E-state index in [0.717, 1.165) is 4.47 Å². The van der Waals surface area contributed by atoms with Gasteiger partial charge in [-0.15, -0.1) is 0 Å². The molecule has 0 unspecified atom stereocenters. The summed E-state index contributed by atoms with van der Waals surface area (Å²) >= 11 is 3.30. The van der Waals surface area contributed by atoms with Crippen molar-refractivity contribution < 1.29 is 19.1 Å². The Morgan fingerprint density at radius 2 is 2.00 bits per heavy atom. The number of carboxylic acids is 1. The molecule has 0 aliphatic rings. The largest absolute Gasteiger partial charge is 0.496 e. The van der Waals surface area contributed by atoms with E-state index in [2.05, 4.69) is 15.9 Å². The second kappa shape index (κ2) is 5.27. The van der Waals surface area contributed by atoms with E-state index in [-0.39, 0.29) is 5.56 Å². The van der Waals surface area contributed by atoms with Gasteiger partial charge in [-0.1, -0.05) is 15.9 Å². The van der Waals surface area contributed by atoms with Gasteiger partial charge in [0.15, 0.2) is 0 Å². The molecular formula is C13H9BrO5. The summed E-state index contributed by atoms with van der Waals surface area (Å²) in [5, 5.41) is 9.10. The number of hydrogen-bond donors (Lipinski definition) is 1. The van der Waals surface area contributed by atoms with Crippen LogP contribution in [0.5, 0.6) is 5.75 Å². The lowest BCUT2D eigenvalue weighted by atomic mass is 10.0. The van der Waals surface area contributed by atoms with Crippen molar-refractivity contribution in [3.63, 3.8) is 0 Å². The lowest BCUT2D eigenvalue weighted by Crippen LogP contribution is -2.07. The molecule has 2 rings (SSSR count). The number of rotatable bonds is 3. The molecule has 1 N–H and O–H groups in total. The van der Waals surface area contributed by atoms with Gasteiger partial charge in [0.25, 0.3) is 0 Å². The van der Waals surface area contributed by atoms with Gasteiger partial charge in [0, 0.05) is 21.7 Å². The smallest absolute Gasteiger partial charge is 0.372 e. The Morgan fingerprint density at radius 1 is 1.26 bits per heavy atom. The zero-order valence-electron chi connectivity index (χ0n) is 9.84. The maximum atomic E-state index is 11.1. The summed E-state index contributed by atoms with van der Waals surface area (Å²) in [5.41, 5.74) is 0.0957. The molecule has 1 aromatic carbocycles. The van der Waals surface area contributed by atoms with E-state index < -0.39 is 17.4 Å². The predicted octanol–water partition coefficient (Wildman–Crippen LogP) is 2.78. The fourth-order valence-electron chi connectivity index (χ4n) is 1.68. The highest BCUT2D eigenvalue weighted by Crippen LogP contribution is 2.34. The van der Waals surface area contributed by atoms with Crippen LogP contribution >= 0.6 is 15.9 Å². The molecule has 0 aliphatic carbocycles. The Balaban J connectivity index is 2.74. The van der Waals surface area contributed by atoms with Gasteiger partial charge in [-0.2, -0.15) is 0 Å². The highest BCUT2D eigenvalue weighted by atomic mass is 79.9. The first-order valence-corrected chi connectivity index (χ1v) is 6.03. The minimum absolute atomic E-state index is 0.283. The first kappa shape index (κ1) is 13.4. The van der Waals surface area contributed by atoms with Gasteiger partial charge in [-0.25, -0.2) is 9.59 Å². The van der Waals surface area contributed by atoms with Gasteiger partial charge in [0.2, 0.25) is 5.76 Å². The summed E-state index contributed by atoms with van der Waals surface area (Å²) in [4.78, 5) is 22.3. The second-order valence-electron chi connectivity index (χ2n) is 3.65. The standard InChI is InChI=1S/C13H9BrO5/c1-18-10-4-2-7(14)6-9(10)8-3-5-11(15)19-12(8)13(16)17/h2-6H,1H3,(H,16,17). The van der Waals surface area contributed by atoms with Crippen molar-refractivity contribution in [1.82, 2.24) is 0 Å². The lowest BCUT2D eigenvalue weighted by Gasteiger charge is -2.10. The Kier molecular flexibility index (Phi) is 3.71. The first-order chi connectivity index (χ1) is 9.02. The van der Waals surface area contributed by atoms with Crippen LogP contribution in [0.2, 0.25) is 0 Å². The molecule has 0 atom stereocenters. The van der Waals surface area contributed by atoms with Crippen molar-refractivity contribution in [1.29, 1.82) is 0 Å². The second-order valence-corrected chi connectivity index (χ2v) is 4.56. The molecule has 0 saturated heterocycles. The maximum Gasteiger partial charge on any atom is 0.372 e. The minimum atomic E-state index is -1.31. The van der Waals surface area contributed by atoms with Crippen LogP contribution in [0.25, 0.3) is 11.1 Å². The normalized spacial score (nSPS) is 10.2. The van der Waals surface area contributed by atoms with Gasteiger partial charge in [-0.05, 0) is 24.3 Å². The number of methoxy groups -OCH3 is 1. The third-order valence-electron chi connectivity index (χ3n) is 2.48. The SMILES string of the molecule is COc1ccc(Br)cc1-c1ccc(=O)oc1C(=O)O. The van der Waals surface area contributed by atoms with Crippen LogP contribution in [-0.4, -0.2) is 18.2 Å². The highest BCUT2D eigenvalue weighted by Gasteiger charge is 2.18. The molecule has 98 valence electrons. The topological polar surface area (TPSA) is 76.7 Å². The molecular weight excluding hydrogens is 316 g/mol. The van der Waals surface area contributed by atoms with E-state index in [1.807, 2.05) is 0 Å². The summed E-state index contributed by atoms with van der Waals surface area (Å²) < 4.78 is 10.7. The third-order valence-corrected chi connectivity index (χ3v) is 2.97. The average Bonchev–Trinajstić information content (AvgIpc) is 2.38. The molecule has 1 heterocycles. The van der Waals surface area contributed by atoms with Crippen molar-refractivity contribution >= 4 is 21.9 Å². The molecule has 19 heavy (non-hydrogen) atoms. The van der Waals surface area contributed by atoms with Crippen molar-refractivity contribution in [2.24, 2.45) is 0 Å². The number of carbonyl (C=O) groups is 1. The van der Waals surface area contributed by atoms with Crippen molar-refractivity contribution in [2.75, 3.05) is 7.11 Å². The maximum absolute atomic E-state index is 11.1. The van der Waals surface area contributed by atoms with Gasteiger partial charge >= 0.3 is 11.6 Å². The predicted molar refractivity (Wildman–Crippen MR) is 71.6 cm³/mol. The van der Waals surface area contributed by atoms with Crippen LogP contribution in [0.3, 0.4) is 0 Å². The summed E-state index contributed by atoms with van der Waals surface area (Å²) in [6, 6.07) is 7.72. The van der Waals surface area contributed by atoms with E-state index in [1.54, 1.807) is 18.2 Å². The van der Waals surface area contributed by atoms with Crippen LogP contribution in [0.4, 0.5) is 0 Å². The van der Waals surface area contributed by atoms with E-state index >= 15 is 0 Å². The molecule has 2 aromatic rings. The molecule has 5 nitrogen and oxygen atoms in total. The summed E-state index contributed by atoms with van der Waals surface area (Å²) in [7, 11) is 1.48. The number of benzene rings is 1. The molecule has 0 amide bonds. The van der Waals surface area contributed by atoms with Crippen LogP contribution in [-0.2, 0) is 0 Å². The number of carboxylic acid groups (broad SMARTS) is 1. The van der Waals surface area contributed by atoms with Crippen LogP contribution in [0.15, 0.2) is 44.0 Å².